The molecule has 6 nitrogen and oxygen atoms in total. The first-order valence-electron chi connectivity index (χ1n) is 9.41. The van der Waals surface area contributed by atoms with Crippen LogP contribution in [0, 0.1) is 0 Å². The highest BCUT2D eigenvalue weighted by Crippen LogP contribution is 2.18. The average molecular weight is 391 g/mol. The summed E-state index contributed by atoms with van der Waals surface area (Å²) in [5.41, 5.74) is 3.44. The fourth-order valence-corrected chi connectivity index (χ4v) is 2.94. The maximum absolute atomic E-state index is 12.5. The van der Waals surface area contributed by atoms with Gasteiger partial charge in [0.2, 0.25) is 0 Å². The van der Waals surface area contributed by atoms with E-state index in [1.54, 1.807) is 32.7 Å². The Morgan fingerprint density at radius 2 is 1.79 bits per heavy atom. The number of nitrogens with one attached hydrogen (secondary N) is 2. The predicted molar refractivity (Wildman–Crippen MR) is 114 cm³/mol. The Balaban J connectivity index is 1.53. The zero-order valence-corrected chi connectivity index (χ0v) is 16.6. The largest absolute Gasteiger partial charge is 0.497 e. The van der Waals surface area contributed by atoms with E-state index in [1.165, 1.54) is 0 Å². The van der Waals surface area contributed by atoms with E-state index >= 15 is 0 Å². The molecule has 1 aromatic heterocycles. The van der Waals surface area contributed by atoms with Gasteiger partial charge in [0.05, 0.1) is 25.5 Å². The van der Waals surface area contributed by atoms with Gasteiger partial charge in [-0.25, -0.2) is 0 Å². The number of carbonyl (C=O) groups excluding carboxylic acids is 1. The molecule has 6 heteroatoms. The number of methoxy groups -OCH3 is 2. The van der Waals surface area contributed by atoms with Crippen LogP contribution in [0.2, 0.25) is 0 Å². The van der Waals surface area contributed by atoms with Crippen molar-refractivity contribution < 1.29 is 14.3 Å². The van der Waals surface area contributed by atoms with Gasteiger partial charge in [-0.2, -0.15) is 0 Å². The van der Waals surface area contributed by atoms with Crippen molar-refractivity contribution in [2.75, 3.05) is 26.1 Å². The van der Waals surface area contributed by atoms with Gasteiger partial charge in [-0.15, -0.1) is 0 Å². The number of aromatic nitrogens is 1. The average Bonchev–Trinajstić information content (AvgIpc) is 2.78. The van der Waals surface area contributed by atoms with Crippen molar-refractivity contribution in [2.45, 2.75) is 13.0 Å². The molecule has 2 N–H and O–H groups in total. The molecule has 2 aromatic carbocycles. The summed E-state index contributed by atoms with van der Waals surface area (Å²) >= 11 is 0. The van der Waals surface area contributed by atoms with Crippen LogP contribution in [-0.2, 0) is 13.0 Å². The molecule has 0 atom stereocenters. The van der Waals surface area contributed by atoms with Crippen LogP contribution in [0.15, 0.2) is 67.0 Å². The summed E-state index contributed by atoms with van der Waals surface area (Å²) in [6.45, 7) is 1.15. The lowest BCUT2D eigenvalue weighted by molar-refractivity contribution is 0.0950. The van der Waals surface area contributed by atoms with Gasteiger partial charge in [-0.1, -0.05) is 30.3 Å². The minimum Gasteiger partial charge on any atom is -0.497 e. The highest BCUT2D eigenvalue weighted by atomic mass is 16.5. The SMILES string of the molecule is COc1ccc(CNC(=O)c2cncc(NCCc3ccccc3OC)c2)cc1. The van der Waals surface area contributed by atoms with Crippen molar-refractivity contribution in [2.24, 2.45) is 0 Å². The van der Waals surface area contributed by atoms with Crippen molar-refractivity contribution >= 4 is 11.6 Å². The van der Waals surface area contributed by atoms with Crippen LogP contribution in [0.4, 0.5) is 5.69 Å². The Morgan fingerprint density at radius 1 is 1.00 bits per heavy atom. The van der Waals surface area contributed by atoms with E-state index in [-0.39, 0.29) is 5.91 Å². The van der Waals surface area contributed by atoms with E-state index in [2.05, 4.69) is 15.6 Å². The maximum Gasteiger partial charge on any atom is 0.253 e. The molecule has 0 saturated heterocycles. The predicted octanol–water partition coefficient (Wildman–Crippen LogP) is 3.68. The van der Waals surface area contributed by atoms with E-state index < -0.39 is 0 Å². The summed E-state index contributed by atoms with van der Waals surface area (Å²) < 4.78 is 10.5. The fraction of sp³-hybridized carbons (Fsp3) is 0.217. The molecule has 1 heterocycles. The van der Waals surface area contributed by atoms with Gasteiger partial charge in [-0.05, 0) is 41.8 Å². The van der Waals surface area contributed by atoms with Crippen molar-refractivity contribution in [1.29, 1.82) is 0 Å². The van der Waals surface area contributed by atoms with Crippen LogP contribution in [0.25, 0.3) is 0 Å². The normalized spacial score (nSPS) is 10.3. The second kappa shape index (κ2) is 10.1. The topological polar surface area (TPSA) is 72.5 Å². The van der Waals surface area contributed by atoms with Gasteiger partial charge in [0.15, 0.2) is 0 Å². The minimum atomic E-state index is -0.165. The standard InChI is InChI=1S/C23H25N3O3/c1-28-21-9-7-17(8-10-21)14-26-23(27)19-13-20(16-24-15-19)25-12-11-18-5-3-4-6-22(18)29-2/h3-10,13,15-16,25H,11-12,14H2,1-2H3,(H,26,27). The van der Waals surface area contributed by atoms with E-state index in [1.807, 2.05) is 48.5 Å². The van der Waals surface area contributed by atoms with Crippen LogP contribution < -0.4 is 20.1 Å². The first kappa shape index (κ1) is 20.2. The molecule has 0 unspecified atom stereocenters. The van der Waals surface area contributed by atoms with Crippen LogP contribution in [0.3, 0.4) is 0 Å². The van der Waals surface area contributed by atoms with E-state index in [4.69, 9.17) is 9.47 Å². The van der Waals surface area contributed by atoms with E-state index in [0.717, 1.165) is 34.7 Å². The van der Waals surface area contributed by atoms with E-state index in [9.17, 15) is 4.79 Å². The number of rotatable bonds is 9. The number of ether oxygens (including phenoxy) is 2. The molecule has 0 aliphatic rings. The third kappa shape index (κ3) is 5.72. The fourth-order valence-electron chi connectivity index (χ4n) is 2.94. The molecule has 29 heavy (non-hydrogen) atoms. The lowest BCUT2D eigenvalue weighted by atomic mass is 10.1. The molecule has 1 amide bonds. The first-order chi connectivity index (χ1) is 14.2. The number of nitrogens with zero attached hydrogens (tertiary/aromatic N) is 1. The zero-order valence-electron chi connectivity index (χ0n) is 16.6. The molecular formula is C23H25N3O3. The minimum absolute atomic E-state index is 0.165. The molecule has 0 bridgehead atoms. The van der Waals surface area contributed by atoms with E-state index in [0.29, 0.717) is 18.7 Å². The molecule has 3 aromatic rings. The number of hydrogen-bond donors (Lipinski definition) is 2. The Bertz CT molecular complexity index is 942. The molecule has 0 saturated carbocycles. The van der Waals surface area contributed by atoms with Gasteiger partial charge >= 0.3 is 0 Å². The number of anilines is 1. The Morgan fingerprint density at radius 3 is 2.55 bits per heavy atom. The molecule has 0 spiro atoms. The second-order valence-electron chi connectivity index (χ2n) is 6.48. The molecule has 0 aliphatic carbocycles. The van der Waals surface area contributed by atoms with Gasteiger partial charge in [0, 0.05) is 25.5 Å². The Kier molecular flexibility index (Phi) is 7.05. The van der Waals surface area contributed by atoms with Gasteiger partial charge in [0.25, 0.3) is 5.91 Å². The van der Waals surface area contributed by atoms with Crippen molar-refractivity contribution in [1.82, 2.24) is 10.3 Å². The second-order valence-corrected chi connectivity index (χ2v) is 6.48. The molecule has 150 valence electrons. The zero-order chi connectivity index (χ0) is 20.5. The van der Waals surface area contributed by atoms with Crippen LogP contribution in [-0.4, -0.2) is 31.7 Å². The molecule has 0 radical (unpaired) electrons. The number of carbonyl (C=O) groups is 1. The number of pyridine rings is 1. The summed E-state index contributed by atoms with van der Waals surface area (Å²) in [7, 11) is 3.30. The summed E-state index contributed by atoms with van der Waals surface area (Å²) in [6, 6.07) is 17.3. The summed E-state index contributed by atoms with van der Waals surface area (Å²) in [4.78, 5) is 16.6. The quantitative estimate of drug-likeness (QED) is 0.582. The number of benzene rings is 2. The number of amides is 1. The van der Waals surface area contributed by atoms with Crippen molar-refractivity contribution in [3.63, 3.8) is 0 Å². The third-order valence-corrected chi connectivity index (χ3v) is 4.53. The monoisotopic (exact) mass is 391 g/mol. The third-order valence-electron chi connectivity index (χ3n) is 4.53. The number of para-hydroxylation sites is 1. The lowest BCUT2D eigenvalue weighted by Crippen LogP contribution is -2.23. The summed E-state index contributed by atoms with van der Waals surface area (Å²) in [6.07, 6.45) is 4.08. The van der Waals surface area contributed by atoms with Gasteiger partial charge in [0.1, 0.15) is 11.5 Å². The van der Waals surface area contributed by atoms with Gasteiger partial charge in [-0.3, -0.25) is 9.78 Å². The Labute approximate surface area is 170 Å². The van der Waals surface area contributed by atoms with Crippen molar-refractivity contribution in [3.05, 3.63) is 83.7 Å². The van der Waals surface area contributed by atoms with Crippen LogP contribution >= 0.6 is 0 Å². The van der Waals surface area contributed by atoms with Crippen molar-refractivity contribution in [3.8, 4) is 11.5 Å². The summed E-state index contributed by atoms with van der Waals surface area (Å²) in [5, 5.41) is 6.23. The number of hydrogen-bond acceptors (Lipinski definition) is 5. The Hall–Kier alpha value is -3.54. The highest BCUT2D eigenvalue weighted by Gasteiger charge is 2.08. The lowest BCUT2D eigenvalue weighted by Gasteiger charge is -2.11. The highest BCUT2D eigenvalue weighted by molar-refractivity contribution is 5.94. The molecule has 0 fully saturated rings. The van der Waals surface area contributed by atoms with Crippen LogP contribution in [0.5, 0.6) is 11.5 Å². The summed E-state index contributed by atoms with van der Waals surface area (Å²) in [5.74, 6) is 1.50. The molecule has 0 aliphatic heterocycles. The molecule has 3 rings (SSSR count). The molecular weight excluding hydrogens is 366 g/mol. The maximum atomic E-state index is 12.5. The van der Waals surface area contributed by atoms with Gasteiger partial charge < -0.3 is 20.1 Å². The first-order valence-corrected chi connectivity index (χ1v) is 9.41. The van der Waals surface area contributed by atoms with Crippen LogP contribution in [0.1, 0.15) is 21.5 Å². The smallest absolute Gasteiger partial charge is 0.253 e.